The second kappa shape index (κ2) is 8.91. The maximum Gasteiger partial charge on any atom is 0.232 e. The van der Waals surface area contributed by atoms with Crippen molar-refractivity contribution in [2.24, 2.45) is 0 Å². The number of thioether (sulfide) groups is 1. The minimum atomic E-state index is 0.124. The second-order valence-electron chi connectivity index (χ2n) is 6.61. The van der Waals surface area contributed by atoms with Gasteiger partial charge in [0.25, 0.3) is 0 Å². The Balaban J connectivity index is 1.50. The lowest BCUT2D eigenvalue weighted by Gasteiger charge is -2.17. The molecule has 3 rings (SSSR count). The van der Waals surface area contributed by atoms with E-state index in [4.69, 9.17) is 4.52 Å². The number of nitrogens with zero attached hydrogens (tertiary/aromatic N) is 2. The highest BCUT2D eigenvalue weighted by Gasteiger charge is 2.13. The minimum absolute atomic E-state index is 0.124. The molecule has 0 atom stereocenters. The summed E-state index contributed by atoms with van der Waals surface area (Å²) in [5.41, 5.74) is 5.50. The molecule has 0 bridgehead atoms. The monoisotopic (exact) mass is 380 g/mol. The summed E-state index contributed by atoms with van der Waals surface area (Å²) in [7, 11) is 1.85. The standard InChI is InChI=1S/C22H24N2O2S/c1-16-21(17(2)26-23-16)14-27-15-22(25)24(3)13-18-9-11-20(12-10-18)19-7-5-4-6-8-19/h4-12H,13-15H2,1-3H3. The Morgan fingerprint density at radius 1 is 1.04 bits per heavy atom. The number of aromatic nitrogens is 1. The van der Waals surface area contributed by atoms with Crippen molar-refractivity contribution in [3.05, 3.63) is 77.2 Å². The molecule has 27 heavy (non-hydrogen) atoms. The number of hydrogen-bond acceptors (Lipinski definition) is 4. The van der Waals surface area contributed by atoms with Crippen LogP contribution in [-0.2, 0) is 17.1 Å². The zero-order valence-electron chi connectivity index (χ0n) is 15.9. The summed E-state index contributed by atoms with van der Waals surface area (Å²) in [4.78, 5) is 14.2. The van der Waals surface area contributed by atoms with E-state index in [-0.39, 0.29) is 5.91 Å². The average Bonchev–Trinajstić information content (AvgIpc) is 3.01. The van der Waals surface area contributed by atoms with E-state index in [1.807, 2.05) is 39.1 Å². The summed E-state index contributed by atoms with van der Waals surface area (Å²) < 4.78 is 5.16. The molecule has 0 saturated carbocycles. The molecule has 0 aliphatic rings. The van der Waals surface area contributed by atoms with E-state index < -0.39 is 0 Å². The quantitative estimate of drug-likeness (QED) is 0.588. The van der Waals surface area contributed by atoms with E-state index >= 15 is 0 Å². The van der Waals surface area contributed by atoms with Gasteiger partial charge >= 0.3 is 0 Å². The van der Waals surface area contributed by atoms with Crippen LogP contribution < -0.4 is 0 Å². The Kier molecular flexibility index (Phi) is 6.35. The Morgan fingerprint density at radius 3 is 2.33 bits per heavy atom. The van der Waals surface area contributed by atoms with Gasteiger partial charge in [0.15, 0.2) is 0 Å². The molecule has 0 spiro atoms. The lowest BCUT2D eigenvalue weighted by atomic mass is 10.0. The molecule has 1 amide bonds. The first-order valence-electron chi connectivity index (χ1n) is 8.92. The van der Waals surface area contributed by atoms with E-state index in [0.29, 0.717) is 12.3 Å². The lowest BCUT2D eigenvalue weighted by Crippen LogP contribution is -2.27. The van der Waals surface area contributed by atoms with Gasteiger partial charge in [-0.1, -0.05) is 59.8 Å². The molecule has 0 radical (unpaired) electrons. The molecule has 0 unspecified atom stereocenters. The molecule has 3 aromatic rings. The first-order chi connectivity index (χ1) is 13.0. The van der Waals surface area contributed by atoms with Crippen molar-refractivity contribution in [1.29, 1.82) is 0 Å². The van der Waals surface area contributed by atoms with Gasteiger partial charge in [0.05, 0.1) is 11.4 Å². The third-order valence-corrected chi connectivity index (χ3v) is 5.50. The zero-order chi connectivity index (χ0) is 19.2. The maximum absolute atomic E-state index is 12.4. The van der Waals surface area contributed by atoms with E-state index in [9.17, 15) is 4.79 Å². The molecule has 0 N–H and O–H groups in total. The highest BCUT2D eigenvalue weighted by atomic mass is 32.2. The predicted molar refractivity (Wildman–Crippen MR) is 110 cm³/mol. The van der Waals surface area contributed by atoms with Gasteiger partial charge in [-0.2, -0.15) is 0 Å². The van der Waals surface area contributed by atoms with Gasteiger partial charge in [-0.25, -0.2) is 0 Å². The van der Waals surface area contributed by atoms with Gasteiger partial charge < -0.3 is 9.42 Å². The Hall–Kier alpha value is -2.53. The molecule has 0 saturated heterocycles. The third-order valence-electron chi connectivity index (χ3n) is 4.56. The van der Waals surface area contributed by atoms with Crippen molar-refractivity contribution in [1.82, 2.24) is 10.1 Å². The fourth-order valence-electron chi connectivity index (χ4n) is 2.85. The topological polar surface area (TPSA) is 46.3 Å². The van der Waals surface area contributed by atoms with E-state index in [0.717, 1.165) is 28.3 Å². The van der Waals surface area contributed by atoms with Crippen molar-refractivity contribution >= 4 is 17.7 Å². The normalized spacial score (nSPS) is 10.8. The number of benzene rings is 2. The number of aryl methyl sites for hydroxylation is 2. The van der Waals surface area contributed by atoms with Crippen LogP contribution in [0.5, 0.6) is 0 Å². The summed E-state index contributed by atoms with van der Waals surface area (Å²) in [6.45, 7) is 4.45. The molecule has 0 aliphatic carbocycles. The average molecular weight is 381 g/mol. The first-order valence-corrected chi connectivity index (χ1v) is 10.1. The van der Waals surface area contributed by atoms with Crippen LogP contribution in [0, 0.1) is 13.8 Å². The smallest absolute Gasteiger partial charge is 0.232 e. The molecule has 1 aromatic heterocycles. The SMILES string of the molecule is Cc1noc(C)c1CSCC(=O)N(C)Cc1ccc(-c2ccccc2)cc1. The first kappa shape index (κ1) is 19.2. The Morgan fingerprint density at radius 2 is 1.70 bits per heavy atom. The summed E-state index contributed by atoms with van der Waals surface area (Å²) in [6, 6.07) is 18.7. The molecule has 0 aliphatic heterocycles. The maximum atomic E-state index is 12.4. The van der Waals surface area contributed by atoms with E-state index in [1.165, 1.54) is 11.1 Å². The van der Waals surface area contributed by atoms with Crippen molar-refractivity contribution in [2.45, 2.75) is 26.1 Å². The molecular formula is C22H24N2O2S. The lowest BCUT2D eigenvalue weighted by molar-refractivity contribution is -0.127. The van der Waals surface area contributed by atoms with Crippen LogP contribution in [0.1, 0.15) is 22.6 Å². The number of amides is 1. The highest BCUT2D eigenvalue weighted by molar-refractivity contribution is 7.99. The number of carbonyl (C=O) groups excluding carboxylic acids is 1. The molecule has 4 nitrogen and oxygen atoms in total. The minimum Gasteiger partial charge on any atom is -0.361 e. The summed E-state index contributed by atoms with van der Waals surface area (Å²) in [6.07, 6.45) is 0. The summed E-state index contributed by atoms with van der Waals surface area (Å²) in [5, 5.41) is 3.95. The third kappa shape index (κ3) is 5.01. The van der Waals surface area contributed by atoms with Crippen molar-refractivity contribution in [3.63, 3.8) is 0 Å². The van der Waals surface area contributed by atoms with E-state index in [1.54, 1.807) is 16.7 Å². The van der Waals surface area contributed by atoms with Crippen LogP contribution in [0.15, 0.2) is 59.1 Å². The molecular weight excluding hydrogens is 356 g/mol. The van der Waals surface area contributed by atoms with Crippen LogP contribution >= 0.6 is 11.8 Å². The number of rotatable bonds is 7. The fourth-order valence-corrected chi connectivity index (χ4v) is 3.97. The van der Waals surface area contributed by atoms with Crippen LogP contribution in [0.2, 0.25) is 0 Å². The van der Waals surface area contributed by atoms with Crippen molar-refractivity contribution in [3.8, 4) is 11.1 Å². The molecule has 2 aromatic carbocycles. The molecule has 1 heterocycles. The summed E-state index contributed by atoms with van der Waals surface area (Å²) in [5.74, 6) is 2.15. The number of carbonyl (C=O) groups is 1. The van der Waals surface area contributed by atoms with Crippen LogP contribution in [0.3, 0.4) is 0 Å². The Bertz CT molecular complexity index is 869. The number of hydrogen-bond donors (Lipinski definition) is 0. The van der Waals surface area contributed by atoms with Gasteiger partial charge in [0.2, 0.25) is 5.91 Å². The van der Waals surface area contributed by atoms with Crippen molar-refractivity contribution in [2.75, 3.05) is 12.8 Å². The van der Waals surface area contributed by atoms with Crippen LogP contribution in [-0.4, -0.2) is 28.8 Å². The van der Waals surface area contributed by atoms with E-state index in [2.05, 4.69) is 41.6 Å². The summed E-state index contributed by atoms with van der Waals surface area (Å²) >= 11 is 1.59. The largest absolute Gasteiger partial charge is 0.361 e. The molecule has 5 heteroatoms. The van der Waals surface area contributed by atoms with Gasteiger partial charge in [-0.3, -0.25) is 4.79 Å². The molecule has 140 valence electrons. The van der Waals surface area contributed by atoms with Gasteiger partial charge in [-0.15, -0.1) is 11.8 Å². The predicted octanol–water partition coefficient (Wildman–Crippen LogP) is 4.85. The highest BCUT2D eigenvalue weighted by Crippen LogP contribution is 2.21. The molecule has 0 fully saturated rings. The van der Waals surface area contributed by atoms with Crippen LogP contribution in [0.4, 0.5) is 0 Å². The Labute approximate surface area is 164 Å². The van der Waals surface area contributed by atoms with Crippen LogP contribution in [0.25, 0.3) is 11.1 Å². The zero-order valence-corrected chi connectivity index (χ0v) is 16.8. The van der Waals surface area contributed by atoms with Gasteiger partial charge in [-0.05, 0) is 30.5 Å². The van der Waals surface area contributed by atoms with Crippen molar-refractivity contribution < 1.29 is 9.32 Å². The van der Waals surface area contributed by atoms with Gasteiger partial charge in [0.1, 0.15) is 5.76 Å². The van der Waals surface area contributed by atoms with Gasteiger partial charge in [0, 0.05) is 24.9 Å². The fraction of sp³-hybridized carbons (Fsp3) is 0.273. The second-order valence-corrected chi connectivity index (χ2v) is 7.59.